The first-order chi connectivity index (χ1) is 15.4. The second kappa shape index (κ2) is 10.9. The molecule has 0 aliphatic carbocycles. The van der Waals surface area contributed by atoms with E-state index in [1.54, 1.807) is 12.1 Å². The van der Waals surface area contributed by atoms with Gasteiger partial charge in [0.05, 0.1) is 11.8 Å². The first kappa shape index (κ1) is 23.5. The topological polar surface area (TPSA) is 88.9 Å². The zero-order valence-electron chi connectivity index (χ0n) is 18.8. The van der Waals surface area contributed by atoms with E-state index in [9.17, 15) is 9.59 Å². The van der Waals surface area contributed by atoms with Gasteiger partial charge in [-0.15, -0.1) is 10.2 Å². The van der Waals surface area contributed by atoms with Gasteiger partial charge in [-0.3, -0.25) is 9.59 Å². The van der Waals surface area contributed by atoms with Gasteiger partial charge < -0.3 is 15.2 Å². The Morgan fingerprint density at radius 3 is 2.38 bits per heavy atom. The average Bonchev–Trinajstić information content (AvgIpc) is 3.21. The maximum absolute atomic E-state index is 12.6. The molecule has 3 rings (SSSR count). The Kier molecular flexibility index (Phi) is 8.05. The van der Waals surface area contributed by atoms with Crippen molar-refractivity contribution < 1.29 is 9.59 Å². The molecule has 2 aromatic carbocycles. The Bertz CT molecular complexity index is 1070. The van der Waals surface area contributed by atoms with Crippen LogP contribution in [-0.2, 0) is 11.3 Å². The molecule has 0 aliphatic rings. The Morgan fingerprint density at radius 1 is 1.00 bits per heavy atom. The summed E-state index contributed by atoms with van der Waals surface area (Å²) < 4.78 is 1.93. The first-order valence-electron chi connectivity index (χ1n) is 10.7. The van der Waals surface area contributed by atoms with Gasteiger partial charge >= 0.3 is 0 Å². The highest BCUT2D eigenvalue weighted by Gasteiger charge is 2.20. The largest absolute Gasteiger partial charge is 0.342 e. The number of carbonyl (C=O) groups is 2. The number of benzene rings is 2. The van der Waals surface area contributed by atoms with E-state index in [1.165, 1.54) is 11.8 Å². The second-order valence-corrected chi connectivity index (χ2v) is 8.67. The lowest BCUT2D eigenvalue weighted by molar-refractivity contribution is -0.113. The van der Waals surface area contributed by atoms with Gasteiger partial charge in [0, 0.05) is 17.8 Å². The molecule has 0 radical (unpaired) electrons. The molecule has 0 unspecified atom stereocenters. The van der Waals surface area contributed by atoms with Gasteiger partial charge in [-0.25, -0.2) is 0 Å². The summed E-state index contributed by atoms with van der Waals surface area (Å²) in [6.45, 7) is 8.70. The maximum atomic E-state index is 12.6. The molecule has 0 spiro atoms. The third-order valence-electron chi connectivity index (χ3n) is 5.02. The van der Waals surface area contributed by atoms with E-state index in [-0.39, 0.29) is 23.6 Å². The summed E-state index contributed by atoms with van der Waals surface area (Å²) in [6.07, 6.45) is 0. The molecule has 0 saturated carbocycles. The number of amides is 2. The van der Waals surface area contributed by atoms with E-state index in [4.69, 9.17) is 0 Å². The summed E-state index contributed by atoms with van der Waals surface area (Å²) in [5.41, 5.74) is 2.53. The highest BCUT2D eigenvalue weighted by molar-refractivity contribution is 7.99. The van der Waals surface area contributed by atoms with Gasteiger partial charge in [0.1, 0.15) is 0 Å². The van der Waals surface area contributed by atoms with Crippen LogP contribution in [0.1, 0.15) is 61.4 Å². The van der Waals surface area contributed by atoms with Crippen LogP contribution >= 0.6 is 11.8 Å². The van der Waals surface area contributed by atoms with Crippen molar-refractivity contribution in [2.24, 2.45) is 0 Å². The monoisotopic (exact) mass is 451 g/mol. The number of hydrogen-bond donors (Lipinski definition) is 2. The van der Waals surface area contributed by atoms with Crippen LogP contribution in [0.3, 0.4) is 0 Å². The minimum absolute atomic E-state index is 0.0965. The van der Waals surface area contributed by atoms with Crippen molar-refractivity contribution >= 4 is 29.3 Å². The fourth-order valence-corrected chi connectivity index (χ4v) is 4.20. The summed E-state index contributed by atoms with van der Waals surface area (Å²) in [6, 6.07) is 16.6. The van der Waals surface area contributed by atoms with Gasteiger partial charge in [-0.2, -0.15) is 0 Å². The molecule has 1 aromatic heterocycles. The number of anilines is 1. The van der Waals surface area contributed by atoms with Crippen LogP contribution in [-0.4, -0.2) is 32.3 Å². The lowest BCUT2D eigenvalue weighted by atomic mass is 10.0. The molecule has 1 atom stereocenters. The summed E-state index contributed by atoms with van der Waals surface area (Å²) in [5.74, 6) is 0.930. The Labute approximate surface area is 193 Å². The van der Waals surface area contributed by atoms with E-state index < -0.39 is 0 Å². The summed E-state index contributed by atoms with van der Waals surface area (Å²) >= 11 is 1.33. The fourth-order valence-electron chi connectivity index (χ4n) is 3.39. The van der Waals surface area contributed by atoms with Crippen LogP contribution in [0.25, 0.3) is 0 Å². The van der Waals surface area contributed by atoms with Crippen LogP contribution in [0.15, 0.2) is 59.8 Å². The van der Waals surface area contributed by atoms with Crippen LogP contribution in [0, 0.1) is 0 Å². The highest BCUT2D eigenvalue weighted by atomic mass is 32.2. The van der Waals surface area contributed by atoms with E-state index in [0.29, 0.717) is 29.0 Å². The molecule has 2 amide bonds. The predicted octanol–water partition coefficient (Wildman–Crippen LogP) is 4.64. The van der Waals surface area contributed by atoms with Gasteiger partial charge in [0.25, 0.3) is 5.91 Å². The second-order valence-electron chi connectivity index (χ2n) is 7.73. The maximum Gasteiger partial charge on any atom is 0.251 e. The van der Waals surface area contributed by atoms with Gasteiger partial charge in [-0.05, 0) is 43.5 Å². The molecule has 0 fully saturated rings. The smallest absolute Gasteiger partial charge is 0.251 e. The summed E-state index contributed by atoms with van der Waals surface area (Å²) in [7, 11) is 0. The molecule has 0 bridgehead atoms. The third-order valence-corrected chi connectivity index (χ3v) is 5.99. The number of para-hydroxylation sites is 1. The van der Waals surface area contributed by atoms with Gasteiger partial charge in [0.2, 0.25) is 5.91 Å². The van der Waals surface area contributed by atoms with Crippen molar-refractivity contribution in [2.75, 3.05) is 11.1 Å². The molecule has 2 N–H and O–H groups in total. The van der Waals surface area contributed by atoms with Crippen LogP contribution in [0.2, 0.25) is 0 Å². The van der Waals surface area contributed by atoms with Gasteiger partial charge in [0.15, 0.2) is 11.0 Å². The van der Waals surface area contributed by atoms with Crippen molar-refractivity contribution in [1.82, 2.24) is 20.1 Å². The summed E-state index contributed by atoms with van der Waals surface area (Å²) in [5, 5.41) is 15.1. The number of carbonyl (C=O) groups excluding carboxylic acids is 2. The standard InChI is InChI=1S/C24H29N5O2S/c1-5-29-22(17(4)25-23(31)18-11-7-6-8-12-18)27-28-24(29)32-15-21(30)26-20-14-10-9-13-19(20)16(2)3/h6-14,16-17H,5,15H2,1-4H3,(H,25,31)(H,26,30)/t17-/m0/s1. The van der Waals surface area contributed by atoms with Gasteiger partial charge in [-0.1, -0.05) is 62.0 Å². The van der Waals surface area contributed by atoms with Crippen LogP contribution in [0.5, 0.6) is 0 Å². The van der Waals surface area contributed by atoms with E-state index in [2.05, 4.69) is 34.7 Å². The lowest BCUT2D eigenvalue weighted by Gasteiger charge is -2.15. The number of hydrogen-bond acceptors (Lipinski definition) is 5. The molecule has 8 heteroatoms. The molecular formula is C24H29N5O2S. The molecule has 0 aliphatic heterocycles. The minimum Gasteiger partial charge on any atom is -0.342 e. The SMILES string of the molecule is CCn1c(SCC(=O)Nc2ccccc2C(C)C)nnc1[C@H](C)NC(=O)c1ccccc1. The Hall–Kier alpha value is -3.13. The molecule has 32 heavy (non-hydrogen) atoms. The predicted molar refractivity (Wildman–Crippen MR) is 128 cm³/mol. The number of nitrogens with one attached hydrogen (secondary N) is 2. The van der Waals surface area contributed by atoms with Crippen molar-refractivity contribution in [3.8, 4) is 0 Å². The van der Waals surface area contributed by atoms with E-state index in [1.807, 2.05) is 60.9 Å². The van der Waals surface area contributed by atoms with Crippen LogP contribution in [0.4, 0.5) is 5.69 Å². The number of thioether (sulfide) groups is 1. The molecule has 1 heterocycles. The number of nitrogens with zero attached hydrogens (tertiary/aromatic N) is 3. The molecule has 168 valence electrons. The zero-order chi connectivity index (χ0) is 23.1. The van der Waals surface area contributed by atoms with Crippen molar-refractivity contribution in [1.29, 1.82) is 0 Å². The minimum atomic E-state index is -0.323. The lowest BCUT2D eigenvalue weighted by Crippen LogP contribution is -2.28. The normalized spacial score (nSPS) is 11.9. The van der Waals surface area contributed by atoms with E-state index in [0.717, 1.165) is 11.3 Å². The Morgan fingerprint density at radius 2 is 1.69 bits per heavy atom. The summed E-state index contributed by atoms with van der Waals surface area (Å²) in [4.78, 5) is 25.0. The first-order valence-corrected chi connectivity index (χ1v) is 11.7. The van der Waals surface area contributed by atoms with Crippen molar-refractivity contribution in [3.63, 3.8) is 0 Å². The zero-order valence-corrected chi connectivity index (χ0v) is 19.6. The fraction of sp³-hybridized carbons (Fsp3) is 0.333. The molecular weight excluding hydrogens is 422 g/mol. The molecule has 3 aromatic rings. The third kappa shape index (κ3) is 5.76. The average molecular weight is 452 g/mol. The van der Waals surface area contributed by atoms with E-state index >= 15 is 0 Å². The molecule has 0 saturated heterocycles. The van der Waals surface area contributed by atoms with Crippen molar-refractivity contribution in [2.45, 2.75) is 51.4 Å². The number of rotatable bonds is 9. The Balaban J connectivity index is 1.63. The quantitative estimate of drug-likeness (QED) is 0.463. The van der Waals surface area contributed by atoms with Crippen LogP contribution < -0.4 is 10.6 Å². The number of aromatic nitrogens is 3. The molecule has 7 nitrogen and oxygen atoms in total. The highest BCUT2D eigenvalue weighted by Crippen LogP contribution is 2.25. The van der Waals surface area contributed by atoms with Crippen molar-refractivity contribution in [3.05, 3.63) is 71.5 Å².